The summed E-state index contributed by atoms with van der Waals surface area (Å²) in [4.78, 5) is 30.4. The number of rotatable bonds is 10. The third kappa shape index (κ3) is 5.68. The summed E-state index contributed by atoms with van der Waals surface area (Å²) in [6.45, 7) is 10.9. The predicted octanol–water partition coefficient (Wildman–Crippen LogP) is 4.80. The van der Waals surface area contributed by atoms with Crippen molar-refractivity contribution in [1.29, 1.82) is 0 Å². The molecule has 1 N–H and O–H groups in total. The third-order valence-corrected chi connectivity index (χ3v) is 4.71. The summed E-state index contributed by atoms with van der Waals surface area (Å²) in [7, 11) is 0. The van der Waals surface area contributed by atoms with Crippen molar-refractivity contribution in [3.05, 3.63) is 47.4 Å². The number of carbonyl (C=O) groups is 2. The van der Waals surface area contributed by atoms with E-state index in [1.54, 1.807) is 6.92 Å². The van der Waals surface area contributed by atoms with Gasteiger partial charge in [0.25, 0.3) is 0 Å². The monoisotopic (exact) mass is 399 g/mol. The van der Waals surface area contributed by atoms with Gasteiger partial charge in [0, 0.05) is 13.0 Å². The number of aromatic nitrogens is 2. The zero-order valence-corrected chi connectivity index (χ0v) is 18.2. The second-order valence-corrected chi connectivity index (χ2v) is 7.56. The fourth-order valence-electron chi connectivity index (χ4n) is 3.43. The maximum absolute atomic E-state index is 13.1. The van der Waals surface area contributed by atoms with Gasteiger partial charge in [0.05, 0.1) is 12.5 Å². The van der Waals surface area contributed by atoms with Crippen molar-refractivity contribution >= 4 is 17.7 Å². The number of carbonyl (C=O) groups excluding carboxylic acids is 2. The van der Waals surface area contributed by atoms with Gasteiger partial charge in [-0.3, -0.25) is 4.79 Å². The van der Waals surface area contributed by atoms with Crippen molar-refractivity contribution in [2.45, 2.75) is 66.3 Å². The topological polar surface area (TPSA) is 73.2 Å². The van der Waals surface area contributed by atoms with Crippen LogP contribution in [0, 0.1) is 5.92 Å². The number of benzene rings is 1. The van der Waals surface area contributed by atoms with E-state index in [1.165, 1.54) is 0 Å². The summed E-state index contributed by atoms with van der Waals surface area (Å²) in [6, 6.07) is 9.66. The highest BCUT2D eigenvalue weighted by Gasteiger charge is 2.28. The highest BCUT2D eigenvalue weighted by molar-refractivity contribution is 6.01. The number of hydrogen-bond donors (Lipinski definition) is 1. The lowest BCUT2D eigenvalue weighted by Crippen LogP contribution is -2.23. The number of amides is 1. The van der Waals surface area contributed by atoms with E-state index in [0.29, 0.717) is 30.4 Å². The lowest BCUT2D eigenvalue weighted by Gasteiger charge is -2.16. The Bertz CT molecular complexity index is 812. The minimum Gasteiger partial charge on any atom is -0.461 e. The van der Waals surface area contributed by atoms with Crippen LogP contribution in [0.25, 0.3) is 0 Å². The second-order valence-electron chi connectivity index (χ2n) is 7.56. The van der Waals surface area contributed by atoms with E-state index in [9.17, 15) is 9.59 Å². The van der Waals surface area contributed by atoms with E-state index in [0.717, 1.165) is 24.2 Å². The second kappa shape index (κ2) is 10.8. The largest absolute Gasteiger partial charge is 0.461 e. The van der Waals surface area contributed by atoms with Crippen LogP contribution in [0.4, 0.5) is 5.82 Å². The van der Waals surface area contributed by atoms with Crippen LogP contribution in [0.15, 0.2) is 30.3 Å². The van der Waals surface area contributed by atoms with E-state index in [2.05, 4.69) is 31.1 Å². The Morgan fingerprint density at radius 3 is 2.38 bits per heavy atom. The van der Waals surface area contributed by atoms with Gasteiger partial charge in [-0.15, -0.1) is 0 Å². The Labute approximate surface area is 173 Å². The molecule has 29 heavy (non-hydrogen) atoms. The van der Waals surface area contributed by atoms with Crippen molar-refractivity contribution in [3.63, 3.8) is 0 Å². The zero-order chi connectivity index (χ0) is 21.4. The minimum atomic E-state index is -0.453. The smallest absolute Gasteiger partial charge is 0.358 e. The van der Waals surface area contributed by atoms with Gasteiger partial charge in [-0.1, -0.05) is 58.0 Å². The Kier molecular flexibility index (Phi) is 8.43. The van der Waals surface area contributed by atoms with Crippen LogP contribution < -0.4 is 5.32 Å². The van der Waals surface area contributed by atoms with Gasteiger partial charge in [-0.2, -0.15) is 0 Å². The van der Waals surface area contributed by atoms with Crippen molar-refractivity contribution in [2.75, 3.05) is 11.9 Å². The summed E-state index contributed by atoms with van der Waals surface area (Å²) in [5.41, 5.74) is 1.28. The van der Waals surface area contributed by atoms with E-state index < -0.39 is 5.97 Å². The molecule has 1 amide bonds. The molecule has 1 aromatic heterocycles. The molecule has 1 aromatic carbocycles. The molecule has 0 bridgehead atoms. The number of imidazole rings is 1. The Balaban J connectivity index is 2.44. The van der Waals surface area contributed by atoms with Gasteiger partial charge >= 0.3 is 5.97 Å². The first-order valence-electron chi connectivity index (χ1n) is 10.5. The van der Waals surface area contributed by atoms with Gasteiger partial charge in [0.1, 0.15) is 5.82 Å². The van der Waals surface area contributed by atoms with Crippen LogP contribution in [0.1, 0.15) is 75.3 Å². The molecular formula is C23H33N3O3. The molecule has 0 radical (unpaired) electrons. The number of ether oxygens (including phenoxy) is 1. The molecular weight excluding hydrogens is 366 g/mol. The van der Waals surface area contributed by atoms with Crippen LogP contribution in [-0.4, -0.2) is 28.0 Å². The van der Waals surface area contributed by atoms with Crippen molar-refractivity contribution < 1.29 is 14.3 Å². The average Bonchev–Trinajstić information content (AvgIpc) is 3.00. The van der Waals surface area contributed by atoms with Crippen LogP contribution in [0.2, 0.25) is 0 Å². The average molecular weight is 400 g/mol. The van der Waals surface area contributed by atoms with Crippen LogP contribution in [0.5, 0.6) is 0 Å². The van der Waals surface area contributed by atoms with Crippen molar-refractivity contribution in [1.82, 2.24) is 9.55 Å². The van der Waals surface area contributed by atoms with Crippen LogP contribution >= 0.6 is 0 Å². The number of nitrogens with zero attached hydrogens (tertiary/aromatic N) is 2. The van der Waals surface area contributed by atoms with Crippen molar-refractivity contribution in [2.24, 2.45) is 5.92 Å². The van der Waals surface area contributed by atoms with Gasteiger partial charge in [0.15, 0.2) is 11.5 Å². The van der Waals surface area contributed by atoms with E-state index >= 15 is 0 Å². The fourth-order valence-corrected chi connectivity index (χ4v) is 3.43. The summed E-state index contributed by atoms with van der Waals surface area (Å²) in [6.07, 6.45) is 2.27. The van der Waals surface area contributed by atoms with Gasteiger partial charge in [-0.05, 0) is 31.2 Å². The highest BCUT2D eigenvalue weighted by atomic mass is 16.5. The molecule has 2 rings (SSSR count). The van der Waals surface area contributed by atoms with E-state index in [4.69, 9.17) is 4.74 Å². The van der Waals surface area contributed by atoms with Crippen molar-refractivity contribution in [3.8, 4) is 0 Å². The first-order chi connectivity index (χ1) is 13.9. The molecule has 6 heteroatoms. The molecule has 0 aliphatic carbocycles. The number of anilines is 1. The first kappa shape index (κ1) is 22.7. The number of aryl methyl sites for hydroxylation is 1. The molecule has 1 atom stereocenters. The SMILES string of the molecule is CCCc1nc(NC(=O)C(CC)c2ccccc2)c(C(=O)OCC)n1CC(C)C. The molecule has 1 heterocycles. The molecule has 0 aliphatic rings. The van der Waals surface area contributed by atoms with Crippen LogP contribution in [-0.2, 0) is 22.5 Å². The number of hydrogen-bond acceptors (Lipinski definition) is 4. The third-order valence-electron chi connectivity index (χ3n) is 4.71. The summed E-state index contributed by atoms with van der Waals surface area (Å²) < 4.78 is 7.19. The Morgan fingerprint density at radius 1 is 1.14 bits per heavy atom. The standard InChI is InChI=1S/C23H33N3O3/c1-6-12-19-24-21(20(23(28)29-8-3)26(19)15-16(4)5)25-22(27)18(7-2)17-13-10-9-11-14-17/h9-11,13-14,16,18H,6-8,12,15H2,1-5H3,(H,25,27). The highest BCUT2D eigenvalue weighted by Crippen LogP contribution is 2.25. The predicted molar refractivity (Wildman–Crippen MR) is 115 cm³/mol. The summed E-state index contributed by atoms with van der Waals surface area (Å²) >= 11 is 0. The summed E-state index contributed by atoms with van der Waals surface area (Å²) in [5.74, 6) is 0.493. The maximum Gasteiger partial charge on any atom is 0.358 e. The Hall–Kier alpha value is -2.63. The normalized spacial score (nSPS) is 12.1. The molecule has 2 aromatic rings. The lowest BCUT2D eigenvalue weighted by molar-refractivity contribution is -0.117. The van der Waals surface area contributed by atoms with Gasteiger partial charge < -0.3 is 14.6 Å². The fraction of sp³-hybridized carbons (Fsp3) is 0.522. The van der Waals surface area contributed by atoms with E-state index in [-0.39, 0.29) is 18.4 Å². The number of nitrogens with one attached hydrogen (secondary N) is 1. The molecule has 158 valence electrons. The molecule has 1 unspecified atom stereocenters. The van der Waals surface area contributed by atoms with Gasteiger partial charge in [0.2, 0.25) is 5.91 Å². The molecule has 0 fully saturated rings. The number of esters is 1. The zero-order valence-electron chi connectivity index (χ0n) is 18.2. The van der Waals surface area contributed by atoms with Crippen LogP contribution in [0.3, 0.4) is 0 Å². The minimum absolute atomic E-state index is 0.165. The van der Waals surface area contributed by atoms with Gasteiger partial charge in [-0.25, -0.2) is 9.78 Å². The maximum atomic E-state index is 13.1. The Morgan fingerprint density at radius 2 is 1.83 bits per heavy atom. The first-order valence-corrected chi connectivity index (χ1v) is 10.5. The molecule has 0 aliphatic heterocycles. The lowest BCUT2D eigenvalue weighted by atomic mass is 9.96. The van der Waals surface area contributed by atoms with E-state index in [1.807, 2.05) is 41.8 Å². The molecule has 6 nitrogen and oxygen atoms in total. The molecule has 0 saturated carbocycles. The quantitative estimate of drug-likeness (QED) is 0.582. The molecule has 0 saturated heterocycles. The molecule has 0 spiro atoms. The summed E-state index contributed by atoms with van der Waals surface area (Å²) in [5, 5.41) is 2.92.